The van der Waals surface area contributed by atoms with Gasteiger partial charge in [0.2, 0.25) is 11.8 Å². The SMILES string of the molecule is CCC(C)NC(=O)C(C)(C)C(=O)NCCc1cccc(OC)c1. The Hall–Kier alpha value is -2.04. The van der Waals surface area contributed by atoms with Crippen LogP contribution in [0, 0.1) is 5.41 Å². The number of rotatable bonds is 8. The van der Waals surface area contributed by atoms with Gasteiger partial charge in [-0.2, -0.15) is 0 Å². The highest BCUT2D eigenvalue weighted by atomic mass is 16.5. The van der Waals surface area contributed by atoms with Gasteiger partial charge in [0.25, 0.3) is 0 Å². The average molecular weight is 320 g/mol. The molecule has 1 aromatic rings. The summed E-state index contributed by atoms with van der Waals surface area (Å²) in [6, 6.07) is 7.78. The standard InChI is InChI=1S/C18H28N2O3/c1-6-13(2)20-17(22)18(3,4)16(21)19-11-10-14-8-7-9-15(12-14)23-5/h7-9,12-13H,6,10-11H2,1-5H3,(H,19,21)(H,20,22). The van der Waals surface area contributed by atoms with E-state index in [1.54, 1.807) is 21.0 Å². The molecule has 128 valence electrons. The third-order valence-corrected chi connectivity index (χ3v) is 3.96. The summed E-state index contributed by atoms with van der Waals surface area (Å²) in [5.74, 6) is 0.286. The third kappa shape index (κ3) is 5.58. The van der Waals surface area contributed by atoms with Crippen LogP contribution >= 0.6 is 0 Å². The molecular weight excluding hydrogens is 292 g/mol. The third-order valence-electron chi connectivity index (χ3n) is 3.96. The molecule has 0 aromatic heterocycles. The van der Waals surface area contributed by atoms with Gasteiger partial charge >= 0.3 is 0 Å². The number of carbonyl (C=O) groups excluding carboxylic acids is 2. The lowest BCUT2D eigenvalue weighted by Crippen LogP contribution is -2.50. The Labute approximate surface area is 138 Å². The van der Waals surface area contributed by atoms with E-state index >= 15 is 0 Å². The predicted octanol–water partition coefficient (Wildman–Crippen LogP) is 2.29. The molecule has 5 nitrogen and oxygen atoms in total. The summed E-state index contributed by atoms with van der Waals surface area (Å²) in [6.45, 7) is 7.68. The second-order valence-corrected chi connectivity index (χ2v) is 6.27. The topological polar surface area (TPSA) is 67.4 Å². The van der Waals surface area contributed by atoms with Gasteiger partial charge in [-0.1, -0.05) is 19.1 Å². The van der Waals surface area contributed by atoms with Crippen LogP contribution in [0.15, 0.2) is 24.3 Å². The minimum Gasteiger partial charge on any atom is -0.497 e. The number of hydrogen-bond acceptors (Lipinski definition) is 3. The van der Waals surface area contributed by atoms with E-state index < -0.39 is 5.41 Å². The van der Waals surface area contributed by atoms with Crippen LogP contribution in [0.5, 0.6) is 5.75 Å². The molecule has 0 radical (unpaired) electrons. The minimum absolute atomic E-state index is 0.0614. The summed E-state index contributed by atoms with van der Waals surface area (Å²) in [4.78, 5) is 24.5. The lowest BCUT2D eigenvalue weighted by atomic mass is 9.90. The highest BCUT2D eigenvalue weighted by molar-refractivity contribution is 6.04. The van der Waals surface area contributed by atoms with Crippen molar-refractivity contribution in [2.75, 3.05) is 13.7 Å². The molecule has 2 amide bonds. The van der Waals surface area contributed by atoms with Crippen LogP contribution in [0.2, 0.25) is 0 Å². The molecule has 0 fully saturated rings. The number of hydrogen-bond donors (Lipinski definition) is 2. The summed E-state index contributed by atoms with van der Waals surface area (Å²) in [5.41, 5.74) is -0.0100. The summed E-state index contributed by atoms with van der Waals surface area (Å²) in [7, 11) is 1.62. The second-order valence-electron chi connectivity index (χ2n) is 6.27. The smallest absolute Gasteiger partial charge is 0.235 e. The first-order valence-electron chi connectivity index (χ1n) is 8.03. The van der Waals surface area contributed by atoms with Crippen molar-refractivity contribution >= 4 is 11.8 Å². The van der Waals surface area contributed by atoms with Crippen molar-refractivity contribution < 1.29 is 14.3 Å². The molecule has 0 aliphatic carbocycles. The van der Waals surface area contributed by atoms with Crippen molar-refractivity contribution in [1.29, 1.82) is 0 Å². The lowest BCUT2D eigenvalue weighted by molar-refractivity contribution is -0.141. The molecule has 1 rings (SSSR count). The first-order chi connectivity index (χ1) is 10.8. The molecule has 0 spiro atoms. The zero-order valence-electron chi connectivity index (χ0n) is 14.7. The van der Waals surface area contributed by atoms with Crippen LogP contribution in [0.1, 0.15) is 39.7 Å². The summed E-state index contributed by atoms with van der Waals surface area (Å²) < 4.78 is 5.18. The molecular formula is C18H28N2O3. The van der Waals surface area contributed by atoms with Crippen molar-refractivity contribution in [2.24, 2.45) is 5.41 Å². The first kappa shape index (κ1) is 19.0. The zero-order chi connectivity index (χ0) is 17.5. The largest absolute Gasteiger partial charge is 0.497 e. The van der Waals surface area contributed by atoms with Crippen LogP contribution in [0.3, 0.4) is 0 Å². The molecule has 2 N–H and O–H groups in total. The van der Waals surface area contributed by atoms with Crippen LogP contribution in [-0.4, -0.2) is 31.5 Å². The Morgan fingerprint density at radius 2 is 1.96 bits per heavy atom. The Balaban J connectivity index is 2.52. The molecule has 0 aliphatic heterocycles. The summed E-state index contributed by atoms with van der Waals surface area (Å²) >= 11 is 0. The Bertz CT molecular complexity index is 541. The van der Waals surface area contributed by atoms with E-state index in [1.807, 2.05) is 38.1 Å². The van der Waals surface area contributed by atoms with Crippen LogP contribution in [-0.2, 0) is 16.0 Å². The van der Waals surface area contributed by atoms with E-state index in [0.29, 0.717) is 13.0 Å². The molecule has 1 aromatic carbocycles. The van der Waals surface area contributed by atoms with Crippen LogP contribution in [0.25, 0.3) is 0 Å². The van der Waals surface area contributed by atoms with E-state index in [1.165, 1.54) is 0 Å². The molecule has 0 aliphatic rings. The van der Waals surface area contributed by atoms with Crippen molar-refractivity contribution in [3.8, 4) is 5.75 Å². The average Bonchev–Trinajstić information content (AvgIpc) is 2.54. The molecule has 1 unspecified atom stereocenters. The molecule has 0 saturated heterocycles. The highest BCUT2D eigenvalue weighted by Gasteiger charge is 2.36. The number of ether oxygens (including phenoxy) is 1. The fourth-order valence-electron chi connectivity index (χ4n) is 1.98. The number of carbonyl (C=O) groups is 2. The second kappa shape index (κ2) is 8.56. The minimum atomic E-state index is -1.09. The molecule has 0 heterocycles. The molecule has 1 atom stereocenters. The normalized spacial score (nSPS) is 12.4. The van der Waals surface area contributed by atoms with Gasteiger partial charge in [0, 0.05) is 12.6 Å². The molecule has 23 heavy (non-hydrogen) atoms. The van der Waals surface area contributed by atoms with Gasteiger partial charge in [0.15, 0.2) is 0 Å². The van der Waals surface area contributed by atoms with Crippen molar-refractivity contribution in [3.05, 3.63) is 29.8 Å². The Morgan fingerprint density at radius 3 is 2.57 bits per heavy atom. The Kier molecular flexibility index (Phi) is 7.07. The summed E-state index contributed by atoms with van der Waals surface area (Å²) in [6.07, 6.45) is 1.52. The van der Waals surface area contributed by atoms with Gasteiger partial charge in [-0.3, -0.25) is 9.59 Å². The Morgan fingerprint density at radius 1 is 1.26 bits per heavy atom. The highest BCUT2D eigenvalue weighted by Crippen LogP contribution is 2.16. The van der Waals surface area contributed by atoms with Crippen molar-refractivity contribution in [3.63, 3.8) is 0 Å². The molecule has 0 saturated carbocycles. The maximum absolute atomic E-state index is 12.3. The van der Waals surface area contributed by atoms with Gasteiger partial charge < -0.3 is 15.4 Å². The van der Waals surface area contributed by atoms with E-state index in [9.17, 15) is 9.59 Å². The molecule has 0 bridgehead atoms. The van der Waals surface area contributed by atoms with Gasteiger partial charge in [0.1, 0.15) is 11.2 Å². The van der Waals surface area contributed by atoms with E-state index in [4.69, 9.17) is 4.74 Å². The fourth-order valence-corrected chi connectivity index (χ4v) is 1.98. The van der Waals surface area contributed by atoms with Gasteiger partial charge in [0.05, 0.1) is 7.11 Å². The molecule has 5 heteroatoms. The number of nitrogens with one attached hydrogen (secondary N) is 2. The van der Waals surface area contributed by atoms with Crippen molar-refractivity contribution in [1.82, 2.24) is 10.6 Å². The van der Waals surface area contributed by atoms with E-state index in [0.717, 1.165) is 17.7 Å². The fraction of sp³-hybridized carbons (Fsp3) is 0.556. The van der Waals surface area contributed by atoms with Crippen LogP contribution < -0.4 is 15.4 Å². The number of amides is 2. The number of methoxy groups -OCH3 is 1. The monoisotopic (exact) mass is 320 g/mol. The van der Waals surface area contributed by atoms with Gasteiger partial charge in [-0.25, -0.2) is 0 Å². The van der Waals surface area contributed by atoms with E-state index in [-0.39, 0.29) is 17.9 Å². The number of benzene rings is 1. The maximum Gasteiger partial charge on any atom is 0.235 e. The summed E-state index contributed by atoms with van der Waals surface area (Å²) in [5, 5.41) is 5.70. The zero-order valence-corrected chi connectivity index (χ0v) is 14.7. The maximum atomic E-state index is 12.3. The first-order valence-corrected chi connectivity index (χ1v) is 8.03. The van der Waals surface area contributed by atoms with Gasteiger partial charge in [-0.05, 0) is 51.3 Å². The van der Waals surface area contributed by atoms with Crippen LogP contribution in [0.4, 0.5) is 0 Å². The van der Waals surface area contributed by atoms with Gasteiger partial charge in [-0.15, -0.1) is 0 Å². The lowest BCUT2D eigenvalue weighted by Gasteiger charge is -2.24. The van der Waals surface area contributed by atoms with Crippen molar-refractivity contribution in [2.45, 2.75) is 46.6 Å². The van der Waals surface area contributed by atoms with E-state index in [2.05, 4.69) is 10.6 Å². The quantitative estimate of drug-likeness (QED) is 0.722. The predicted molar refractivity (Wildman–Crippen MR) is 91.4 cm³/mol.